The van der Waals surface area contributed by atoms with Crippen molar-refractivity contribution in [3.05, 3.63) is 48.2 Å². The van der Waals surface area contributed by atoms with Crippen LogP contribution < -0.4 is 10.2 Å². The second kappa shape index (κ2) is 6.66. The maximum Gasteiger partial charge on any atom is 0.329 e. The van der Waals surface area contributed by atoms with Crippen LogP contribution in [0.4, 0.5) is 10.5 Å². The number of carbonyl (C=O) groups excluding carboxylic acids is 2. The Morgan fingerprint density at radius 1 is 1.17 bits per heavy atom. The summed E-state index contributed by atoms with van der Waals surface area (Å²) in [4.78, 5) is 27.2. The Hall–Kier alpha value is -2.60. The van der Waals surface area contributed by atoms with Gasteiger partial charge in [-0.1, -0.05) is 18.2 Å². The molecule has 2 aliphatic heterocycles. The van der Waals surface area contributed by atoms with Crippen LogP contribution in [0.1, 0.15) is 5.56 Å². The maximum atomic E-state index is 12.1. The normalized spacial score (nSPS) is 20.1. The Balaban J connectivity index is 1.73. The molecule has 1 aromatic rings. The fourth-order valence-corrected chi connectivity index (χ4v) is 2.64. The third-order valence-corrected chi connectivity index (χ3v) is 3.85. The summed E-state index contributed by atoms with van der Waals surface area (Å²) in [5, 5.41) is 2.59. The molecule has 1 N–H and O–H groups in total. The van der Waals surface area contributed by atoms with Crippen molar-refractivity contribution in [1.29, 1.82) is 0 Å². The summed E-state index contributed by atoms with van der Waals surface area (Å²) in [5.41, 5.74) is 2.28. The summed E-state index contributed by atoms with van der Waals surface area (Å²) >= 11 is 0. The fourth-order valence-electron chi connectivity index (χ4n) is 2.64. The number of amides is 3. The highest BCUT2D eigenvalue weighted by Gasteiger charge is 2.32. The van der Waals surface area contributed by atoms with Gasteiger partial charge >= 0.3 is 6.03 Å². The van der Waals surface area contributed by atoms with Crippen molar-refractivity contribution in [3.63, 3.8) is 0 Å². The molecule has 0 bridgehead atoms. The summed E-state index contributed by atoms with van der Waals surface area (Å²) in [7, 11) is 0. The summed E-state index contributed by atoms with van der Waals surface area (Å²) in [6, 6.07) is 7.49. The van der Waals surface area contributed by atoms with Crippen LogP contribution in [0.2, 0.25) is 0 Å². The highest BCUT2D eigenvalue weighted by atomic mass is 16.5. The van der Waals surface area contributed by atoms with Crippen LogP contribution in [0.25, 0.3) is 6.08 Å². The van der Waals surface area contributed by atoms with Crippen molar-refractivity contribution in [2.75, 3.05) is 37.7 Å². The first kappa shape index (κ1) is 15.3. The van der Waals surface area contributed by atoms with Crippen LogP contribution in [0.5, 0.6) is 0 Å². The first-order valence-electron chi connectivity index (χ1n) is 7.57. The standard InChI is InChI=1S/C17H19N3O3/c1-2-7-20-16(21)15(18-17(20)22)12-13-3-5-14(6-4-13)19-8-10-23-11-9-19/h2-6,12H,1,7-11H2,(H,18,22). The minimum absolute atomic E-state index is 0.206. The second-order valence-corrected chi connectivity index (χ2v) is 5.38. The molecule has 6 nitrogen and oxygen atoms in total. The molecule has 3 rings (SSSR count). The number of morpholine rings is 1. The van der Waals surface area contributed by atoms with Crippen molar-refractivity contribution in [1.82, 2.24) is 10.2 Å². The summed E-state index contributed by atoms with van der Waals surface area (Å²) < 4.78 is 5.34. The van der Waals surface area contributed by atoms with E-state index in [-0.39, 0.29) is 18.1 Å². The van der Waals surface area contributed by atoms with E-state index in [4.69, 9.17) is 4.74 Å². The molecule has 0 aromatic heterocycles. The quantitative estimate of drug-likeness (QED) is 0.521. The molecular formula is C17H19N3O3. The highest BCUT2D eigenvalue weighted by molar-refractivity contribution is 6.14. The first-order valence-corrected chi connectivity index (χ1v) is 7.57. The van der Waals surface area contributed by atoms with E-state index in [1.165, 1.54) is 6.08 Å². The maximum absolute atomic E-state index is 12.1. The largest absolute Gasteiger partial charge is 0.378 e. The monoisotopic (exact) mass is 313 g/mol. The molecule has 0 unspecified atom stereocenters. The number of urea groups is 1. The fraction of sp³-hybridized carbons (Fsp3) is 0.294. The Kier molecular flexibility index (Phi) is 4.43. The molecule has 1 aromatic carbocycles. The van der Waals surface area contributed by atoms with Crippen LogP contribution in [0, 0.1) is 0 Å². The average Bonchev–Trinajstić information content (AvgIpc) is 2.84. The smallest absolute Gasteiger partial charge is 0.329 e. The molecule has 0 aliphatic carbocycles. The van der Waals surface area contributed by atoms with Gasteiger partial charge in [0, 0.05) is 25.3 Å². The number of rotatable bonds is 4. The van der Waals surface area contributed by atoms with E-state index in [0.29, 0.717) is 0 Å². The molecule has 2 fully saturated rings. The lowest BCUT2D eigenvalue weighted by atomic mass is 10.1. The van der Waals surface area contributed by atoms with Gasteiger partial charge in [0.25, 0.3) is 5.91 Å². The molecule has 2 aliphatic rings. The summed E-state index contributed by atoms with van der Waals surface area (Å²) in [6.45, 7) is 7.00. The molecule has 0 spiro atoms. The molecule has 23 heavy (non-hydrogen) atoms. The Labute approximate surface area is 135 Å². The van der Waals surface area contributed by atoms with Gasteiger partial charge in [0.05, 0.1) is 13.2 Å². The van der Waals surface area contributed by atoms with E-state index in [1.54, 1.807) is 6.08 Å². The number of ether oxygens (including phenoxy) is 1. The number of hydrogen-bond acceptors (Lipinski definition) is 4. The molecule has 2 saturated heterocycles. The van der Waals surface area contributed by atoms with E-state index in [1.807, 2.05) is 24.3 Å². The van der Waals surface area contributed by atoms with Gasteiger partial charge < -0.3 is 15.0 Å². The number of benzene rings is 1. The number of imide groups is 1. The molecule has 0 saturated carbocycles. The van der Waals surface area contributed by atoms with E-state index < -0.39 is 6.03 Å². The number of carbonyl (C=O) groups is 2. The number of anilines is 1. The third-order valence-electron chi connectivity index (χ3n) is 3.85. The third kappa shape index (κ3) is 3.27. The predicted molar refractivity (Wildman–Crippen MR) is 87.9 cm³/mol. The van der Waals surface area contributed by atoms with E-state index in [9.17, 15) is 9.59 Å². The van der Waals surface area contributed by atoms with E-state index in [0.717, 1.165) is 42.5 Å². The van der Waals surface area contributed by atoms with Crippen molar-refractivity contribution in [2.24, 2.45) is 0 Å². The van der Waals surface area contributed by atoms with E-state index >= 15 is 0 Å². The number of hydrogen-bond donors (Lipinski definition) is 1. The van der Waals surface area contributed by atoms with Gasteiger partial charge in [-0.15, -0.1) is 6.58 Å². The minimum Gasteiger partial charge on any atom is -0.378 e. The minimum atomic E-state index is -0.411. The first-order chi connectivity index (χ1) is 11.2. The highest BCUT2D eigenvalue weighted by Crippen LogP contribution is 2.19. The Morgan fingerprint density at radius 3 is 2.52 bits per heavy atom. The molecule has 120 valence electrons. The van der Waals surface area contributed by atoms with Gasteiger partial charge in [-0.3, -0.25) is 9.69 Å². The van der Waals surface area contributed by atoms with Gasteiger partial charge in [0.15, 0.2) is 0 Å². The number of nitrogens with zero attached hydrogens (tertiary/aromatic N) is 2. The zero-order valence-electron chi connectivity index (χ0n) is 12.8. The zero-order chi connectivity index (χ0) is 16.2. The van der Waals surface area contributed by atoms with Gasteiger partial charge in [-0.05, 0) is 23.8 Å². The van der Waals surface area contributed by atoms with Crippen molar-refractivity contribution in [3.8, 4) is 0 Å². The van der Waals surface area contributed by atoms with Gasteiger partial charge in [-0.2, -0.15) is 0 Å². The predicted octanol–water partition coefficient (Wildman–Crippen LogP) is 1.60. The van der Waals surface area contributed by atoms with Crippen molar-refractivity contribution in [2.45, 2.75) is 0 Å². The van der Waals surface area contributed by atoms with Crippen LogP contribution in [-0.4, -0.2) is 49.7 Å². The molecular weight excluding hydrogens is 294 g/mol. The average molecular weight is 313 g/mol. The summed E-state index contributed by atoms with van der Waals surface area (Å²) in [6.07, 6.45) is 3.21. The number of nitrogens with one attached hydrogen (secondary N) is 1. The molecule has 6 heteroatoms. The van der Waals surface area contributed by atoms with Gasteiger partial charge in [0.1, 0.15) is 5.70 Å². The molecule has 0 radical (unpaired) electrons. The Bertz CT molecular complexity index is 646. The van der Waals surface area contributed by atoms with Crippen molar-refractivity contribution >= 4 is 23.7 Å². The van der Waals surface area contributed by atoms with Crippen LogP contribution in [0.15, 0.2) is 42.6 Å². The Morgan fingerprint density at radius 2 is 1.87 bits per heavy atom. The van der Waals surface area contributed by atoms with Crippen LogP contribution >= 0.6 is 0 Å². The van der Waals surface area contributed by atoms with Crippen LogP contribution in [0.3, 0.4) is 0 Å². The van der Waals surface area contributed by atoms with E-state index in [2.05, 4.69) is 16.8 Å². The molecule has 2 heterocycles. The zero-order valence-corrected chi connectivity index (χ0v) is 12.8. The SMILES string of the molecule is C=CCN1C(=O)NC(=Cc2ccc(N3CCOCC3)cc2)C1=O. The molecule has 3 amide bonds. The lowest BCUT2D eigenvalue weighted by molar-refractivity contribution is -0.122. The van der Waals surface area contributed by atoms with Crippen LogP contribution in [-0.2, 0) is 9.53 Å². The lowest BCUT2D eigenvalue weighted by Gasteiger charge is -2.28. The topological polar surface area (TPSA) is 61.9 Å². The second-order valence-electron chi connectivity index (χ2n) is 5.38. The molecule has 0 atom stereocenters. The summed E-state index contributed by atoms with van der Waals surface area (Å²) in [5.74, 6) is -0.327. The lowest BCUT2D eigenvalue weighted by Crippen LogP contribution is -2.36. The van der Waals surface area contributed by atoms with Gasteiger partial charge in [0.2, 0.25) is 0 Å². The van der Waals surface area contributed by atoms with Gasteiger partial charge in [-0.25, -0.2) is 4.79 Å². The van der Waals surface area contributed by atoms with Crippen molar-refractivity contribution < 1.29 is 14.3 Å².